The fourth-order valence-corrected chi connectivity index (χ4v) is 3.36. The molecule has 40 heavy (non-hydrogen) atoms. The Morgan fingerprint density at radius 1 is 0.825 bits per heavy atom. The van der Waals surface area contributed by atoms with Gasteiger partial charge in [-0.1, -0.05) is 60.5 Å². The van der Waals surface area contributed by atoms with E-state index < -0.39 is 42.3 Å². The van der Waals surface area contributed by atoms with Crippen molar-refractivity contribution in [3.63, 3.8) is 0 Å². The first kappa shape index (κ1) is 34.7. The quantitative estimate of drug-likeness (QED) is 0.144. The summed E-state index contributed by atoms with van der Waals surface area (Å²) in [6.07, 6.45) is -0.417. The highest BCUT2D eigenvalue weighted by molar-refractivity contribution is 5.75. The lowest BCUT2D eigenvalue weighted by Gasteiger charge is -2.26. The van der Waals surface area contributed by atoms with Crippen LogP contribution in [0.3, 0.4) is 0 Å². The second-order valence-corrected chi connectivity index (χ2v) is 10.3. The van der Waals surface area contributed by atoms with Gasteiger partial charge in [-0.2, -0.15) is 0 Å². The van der Waals surface area contributed by atoms with E-state index in [1.807, 2.05) is 34.6 Å². The molecule has 0 aliphatic rings. The Labute approximate surface area is 236 Å². The van der Waals surface area contributed by atoms with E-state index in [1.54, 1.807) is 13.8 Å². The van der Waals surface area contributed by atoms with Crippen molar-refractivity contribution in [3.05, 3.63) is 23.8 Å². The molecule has 0 aliphatic carbocycles. The standard InChI is InChI=1S/C29H45NO10/c1-8-17(4)15-36-28(34)39-23-12-11-21(14-24(23)40-29(35)37-16-18(5)9-2)22(25(30)26(31)32)13-20(7)38-27(33)19(6)10-3/h11-12,14,17-20,22,25H,8-10,13,15-16,30H2,1-7H3,(H,31,32)/t17?,18?,19?,20?,22?,25-/m0/s1. The number of carbonyl (C=O) groups excluding carboxylic acids is 3. The number of benzene rings is 1. The summed E-state index contributed by atoms with van der Waals surface area (Å²) in [5.74, 6) is -2.91. The van der Waals surface area contributed by atoms with Crippen molar-refractivity contribution in [2.24, 2.45) is 23.5 Å². The lowest BCUT2D eigenvalue weighted by molar-refractivity contribution is -0.153. The van der Waals surface area contributed by atoms with E-state index in [0.717, 1.165) is 12.8 Å². The van der Waals surface area contributed by atoms with Crippen molar-refractivity contribution in [1.29, 1.82) is 0 Å². The summed E-state index contributed by atoms with van der Waals surface area (Å²) in [5.41, 5.74) is 6.39. The Bertz CT molecular complexity index is 982. The van der Waals surface area contributed by atoms with E-state index >= 15 is 0 Å². The fraction of sp³-hybridized carbons (Fsp3) is 0.655. The number of carbonyl (C=O) groups is 4. The first-order chi connectivity index (χ1) is 18.8. The average molecular weight is 568 g/mol. The van der Waals surface area contributed by atoms with Gasteiger partial charge in [0.25, 0.3) is 0 Å². The Kier molecular flexibility index (Phi) is 15.1. The van der Waals surface area contributed by atoms with Gasteiger partial charge < -0.3 is 34.5 Å². The van der Waals surface area contributed by atoms with Crippen LogP contribution in [-0.2, 0) is 23.8 Å². The van der Waals surface area contributed by atoms with E-state index in [4.69, 9.17) is 29.4 Å². The summed E-state index contributed by atoms with van der Waals surface area (Å²) < 4.78 is 26.5. The van der Waals surface area contributed by atoms with Gasteiger partial charge in [-0.25, -0.2) is 9.59 Å². The zero-order valence-electron chi connectivity index (χ0n) is 24.6. The smallest absolute Gasteiger partial charge is 0.480 e. The minimum Gasteiger partial charge on any atom is -0.480 e. The number of rotatable bonds is 16. The van der Waals surface area contributed by atoms with Crippen molar-refractivity contribution >= 4 is 24.2 Å². The molecule has 1 aromatic rings. The molecule has 0 radical (unpaired) electrons. The van der Waals surface area contributed by atoms with Gasteiger partial charge in [0.1, 0.15) is 6.04 Å². The van der Waals surface area contributed by atoms with Crippen LogP contribution in [-0.4, -0.2) is 54.7 Å². The third kappa shape index (κ3) is 11.8. The molecule has 11 nitrogen and oxygen atoms in total. The van der Waals surface area contributed by atoms with E-state index in [1.165, 1.54) is 18.2 Å². The number of aliphatic carboxylic acids is 1. The monoisotopic (exact) mass is 567 g/mol. The number of hydrogen-bond acceptors (Lipinski definition) is 10. The molecule has 0 aliphatic heterocycles. The number of nitrogens with two attached hydrogens (primary N) is 1. The van der Waals surface area contributed by atoms with E-state index in [2.05, 4.69) is 0 Å². The summed E-state index contributed by atoms with van der Waals surface area (Å²) in [5, 5.41) is 9.67. The van der Waals surface area contributed by atoms with E-state index in [-0.39, 0.29) is 48.9 Å². The molecule has 0 saturated heterocycles. The number of hydrogen-bond donors (Lipinski definition) is 2. The van der Waals surface area contributed by atoms with Gasteiger partial charge in [0.05, 0.1) is 25.2 Å². The molecular formula is C29H45NO10. The number of esters is 1. The molecular weight excluding hydrogens is 522 g/mol. The molecule has 11 heteroatoms. The average Bonchev–Trinajstić information content (AvgIpc) is 2.93. The molecule has 226 valence electrons. The largest absolute Gasteiger partial charge is 0.513 e. The minimum atomic E-state index is -1.37. The molecule has 0 heterocycles. The minimum absolute atomic E-state index is 0.0741. The van der Waals surface area contributed by atoms with Crippen LogP contribution in [0.2, 0.25) is 0 Å². The predicted octanol–water partition coefficient (Wildman–Crippen LogP) is 5.67. The molecule has 6 atom stereocenters. The summed E-state index contributed by atoms with van der Waals surface area (Å²) in [7, 11) is 0. The van der Waals surface area contributed by atoms with Crippen LogP contribution in [0.25, 0.3) is 0 Å². The molecule has 0 aromatic heterocycles. The molecule has 0 amide bonds. The van der Waals surface area contributed by atoms with Gasteiger partial charge in [-0.3, -0.25) is 9.59 Å². The maximum atomic E-state index is 12.4. The highest BCUT2D eigenvalue weighted by Crippen LogP contribution is 2.35. The second-order valence-electron chi connectivity index (χ2n) is 10.3. The van der Waals surface area contributed by atoms with Gasteiger partial charge in [0, 0.05) is 5.92 Å². The van der Waals surface area contributed by atoms with Crippen LogP contribution in [0.5, 0.6) is 11.5 Å². The number of carboxylic acid groups (broad SMARTS) is 1. The van der Waals surface area contributed by atoms with E-state index in [9.17, 15) is 24.3 Å². The zero-order valence-corrected chi connectivity index (χ0v) is 24.6. The van der Waals surface area contributed by atoms with Gasteiger partial charge >= 0.3 is 24.2 Å². The van der Waals surface area contributed by atoms with Crippen LogP contribution in [0.1, 0.15) is 85.6 Å². The van der Waals surface area contributed by atoms with Gasteiger partial charge in [-0.15, -0.1) is 0 Å². The van der Waals surface area contributed by atoms with Crippen molar-refractivity contribution in [2.75, 3.05) is 13.2 Å². The number of carboxylic acids is 1. The van der Waals surface area contributed by atoms with Crippen molar-refractivity contribution in [1.82, 2.24) is 0 Å². The highest BCUT2D eigenvalue weighted by atomic mass is 16.7. The Balaban J connectivity index is 3.31. The molecule has 5 unspecified atom stereocenters. The zero-order chi connectivity index (χ0) is 30.4. The summed E-state index contributed by atoms with van der Waals surface area (Å²) in [6.45, 7) is 13.2. The normalized spacial score (nSPS) is 15.5. The third-order valence-corrected chi connectivity index (χ3v) is 6.78. The Hall–Kier alpha value is -3.34. The van der Waals surface area contributed by atoms with Crippen molar-refractivity contribution in [3.8, 4) is 11.5 Å². The topological polar surface area (TPSA) is 161 Å². The maximum absolute atomic E-state index is 12.4. The molecule has 3 N–H and O–H groups in total. The fourth-order valence-electron chi connectivity index (χ4n) is 3.36. The van der Waals surface area contributed by atoms with Gasteiger partial charge in [-0.05, 0) is 49.3 Å². The van der Waals surface area contributed by atoms with E-state index in [0.29, 0.717) is 12.0 Å². The molecule has 0 spiro atoms. The number of ether oxygens (including phenoxy) is 5. The lowest BCUT2D eigenvalue weighted by atomic mass is 9.87. The first-order valence-corrected chi connectivity index (χ1v) is 13.8. The SMILES string of the molecule is CCC(C)COC(=O)Oc1ccc(C(CC(C)OC(=O)C(C)CC)[C@H](N)C(=O)O)cc1OC(=O)OCC(C)CC. The van der Waals surface area contributed by atoms with Gasteiger partial charge in [0.2, 0.25) is 0 Å². The maximum Gasteiger partial charge on any atom is 0.513 e. The summed E-state index contributed by atoms with van der Waals surface area (Å²) in [4.78, 5) is 48.9. The Morgan fingerprint density at radius 3 is 1.82 bits per heavy atom. The van der Waals surface area contributed by atoms with Crippen molar-refractivity contribution in [2.45, 2.75) is 92.2 Å². The second kappa shape index (κ2) is 17.4. The lowest BCUT2D eigenvalue weighted by Crippen LogP contribution is -2.38. The summed E-state index contributed by atoms with van der Waals surface area (Å²) >= 11 is 0. The van der Waals surface area contributed by atoms with Gasteiger partial charge in [0.15, 0.2) is 11.5 Å². The molecule has 0 fully saturated rings. The molecule has 0 bridgehead atoms. The molecule has 1 aromatic carbocycles. The highest BCUT2D eigenvalue weighted by Gasteiger charge is 2.31. The third-order valence-electron chi connectivity index (χ3n) is 6.78. The van der Waals surface area contributed by atoms with Crippen LogP contribution in [0, 0.1) is 17.8 Å². The van der Waals surface area contributed by atoms with Crippen molar-refractivity contribution < 1.29 is 48.0 Å². The van der Waals surface area contributed by atoms with Crippen LogP contribution < -0.4 is 15.2 Å². The van der Waals surface area contributed by atoms with Crippen LogP contribution in [0.15, 0.2) is 18.2 Å². The molecule has 1 rings (SSSR count). The Morgan fingerprint density at radius 2 is 1.35 bits per heavy atom. The predicted molar refractivity (Wildman–Crippen MR) is 147 cm³/mol. The first-order valence-electron chi connectivity index (χ1n) is 13.8. The van der Waals surface area contributed by atoms with Crippen LogP contribution >= 0.6 is 0 Å². The van der Waals surface area contributed by atoms with Crippen LogP contribution in [0.4, 0.5) is 9.59 Å². The molecule has 0 saturated carbocycles. The summed E-state index contributed by atoms with van der Waals surface area (Å²) in [6, 6.07) is 2.85.